The molecule has 0 saturated carbocycles. The Bertz CT molecular complexity index is 1330. The molecule has 0 saturated heterocycles. The average Bonchev–Trinajstić information content (AvgIpc) is 2.84. The Labute approximate surface area is 190 Å². The van der Waals surface area contributed by atoms with E-state index in [-0.39, 0.29) is 6.04 Å². The minimum atomic E-state index is -3.68. The zero-order valence-corrected chi connectivity index (χ0v) is 18.8. The first-order valence-electron chi connectivity index (χ1n) is 10.8. The summed E-state index contributed by atoms with van der Waals surface area (Å²) in [4.78, 5) is 0.338. The van der Waals surface area contributed by atoms with Crippen LogP contribution in [0.4, 0.5) is 0 Å². The van der Waals surface area contributed by atoms with Crippen molar-refractivity contribution >= 4 is 10.0 Å². The summed E-state index contributed by atoms with van der Waals surface area (Å²) in [7, 11) is -3.68. The van der Waals surface area contributed by atoms with E-state index in [1.165, 1.54) is 5.56 Å². The molecule has 4 heteroatoms. The van der Waals surface area contributed by atoms with Crippen LogP contribution in [0.25, 0.3) is 11.1 Å². The van der Waals surface area contributed by atoms with Crippen molar-refractivity contribution in [2.75, 3.05) is 0 Å². The van der Waals surface area contributed by atoms with E-state index in [1.807, 2.05) is 67.6 Å². The van der Waals surface area contributed by atoms with Gasteiger partial charge < -0.3 is 0 Å². The molecule has 5 rings (SSSR count). The Morgan fingerprint density at radius 3 is 2.09 bits per heavy atom. The highest BCUT2D eigenvalue weighted by Gasteiger charge is 2.37. The predicted molar refractivity (Wildman–Crippen MR) is 129 cm³/mol. The average molecular weight is 440 g/mol. The summed E-state index contributed by atoms with van der Waals surface area (Å²) < 4.78 is 29.4. The van der Waals surface area contributed by atoms with Gasteiger partial charge in [0.25, 0.3) is 0 Å². The van der Waals surface area contributed by atoms with E-state index in [0.29, 0.717) is 17.9 Å². The highest BCUT2D eigenvalue weighted by atomic mass is 32.2. The molecule has 0 radical (unpaired) electrons. The topological polar surface area (TPSA) is 37.4 Å². The molecule has 1 heterocycles. The number of hydrogen-bond acceptors (Lipinski definition) is 2. The Kier molecular flexibility index (Phi) is 5.41. The van der Waals surface area contributed by atoms with E-state index < -0.39 is 10.0 Å². The first-order valence-corrected chi connectivity index (χ1v) is 12.3. The zero-order chi connectivity index (χ0) is 22.1. The molecular formula is C28H25NO2S. The number of hydrogen-bond donors (Lipinski definition) is 0. The van der Waals surface area contributed by atoms with Gasteiger partial charge in [0.05, 0.1) is 10.9 Å². The number of sulfonamides is 1. The summed E-state index contributed by atoms with van der Waals surface area (Å²) in [6.45, 7) is 2.31. The lowest BCUT2D eigenvalue weighted by molar-refractivity contribution is 0.297. The van der Waals surface area contributed by atoms with Gasteiger partial charge in [0, 0.05) is 6.54 Å². The molecule has 4 aromatic carbocycles. The minimum absolute atomic E-state index is 0.249. The van der Waals surface area contributed by atoms with E-state index in [1.54, 1.807) is 16.4 Å². The lowest BCUT2D eigenvalue weighted by Crippen LogP contribution is -2.39. The van der Waals surface area contributed by atoms with Crippen LogP contribution < -0.4 is 0 Å². The van der Waals surface area contributed by atoms with Crippen molar-refractivity contribution in [1.29, 1.82) is 0 Å². The molecule has 1 atom stereocenters. The quantitative estimate of drug-likeness (QED) is 0.382. The van der Waals surface area contributed by atoms with Gasteiger partial charge in [0.1, 0.15) is 0 Å². The molecule has 0 aliphatic carbocycles. The van der Waals surface area contributed by atoms with Crippen LogP contribution in [0.3, 0.4) is 0 Å². The van der Waals surface area contributed by atoms with Gasteiger partial charge in [-0.1, -0.05) is 96.6 Å². The maximum Gasteiger partial charge on any atom is 0.243 e. The van der Waals surface area contributed by atoms with Gasteiger partial charge >= 0.3 is 0 Å². The molecule has 0 amide bonds. The summed E-state index contributed by atoms with van der Waals surface area (Å²) >= 11 is 0. The van der Waals surface area contributed by atoms with Crippen LogP contribution in [0.2, 0.25) is 0 Å². The molecule has 32 heavy (non-hydrogen) atoms. The van der Waals surface area contributed by atoms with Crippen molar-refractivity contribution < 1.29 is 8.42 Å². The summed E-state index contributed by atoms with van der Waals surface area (Å²) in [5.41, 5.74) is 6.55. The van der Waals surface area contributed by atoms with Crippen molar-refractivity contribution in [1.82, 2.24) is 4.31 Å². The molecule has 1 unspecified atom stereocenters. The van der Waals surface area contributed by atoms with Crippen LogP contribution in [0.5, 0.6) is 0 Å². The first-order chi connectivity index (χ1) is 15.5. The molecule has 0 bridgehead atoms. The van der Waals surface area contributed by atoms with Crippen molar-refractivity contribution in [3.63, 3.8) is 0 Å². The molecule has 0 fully saturated rings. The first kappa shape index (κ1) is 20.7. The predicted octanol–water partition coefficient (Wildman–Crippen LogP) is 6.15. The van der Waals surface area contributed by atoms with E-state index in [9.17, 15) is 8.42 Å². The second-order valence-corrected chi connectivity index (χ2v) is 10.2. The number of rotatable bonds is 4. The fraction of sp³-hybridized carbons (Fsp3) is 0.143. The van der Waals surface area contributed by atoms with Gasteiger partial charge in [-0.2, -0.15) is 4.31 Å². The van der Waals surface area contributed by atoms with Crippen LogP contribution in [0.15, 0.2) is 108 Å². The number of benzene rings is 4. The summed E-state index contributed by atoms with van der Waals surface area (Å²) in [5.74, 6) is 0. The third-order valence-corrected chi connectivity index (χ3v) is 8.11. The van der Waals surface area contributed by atoms with Crippen molar-refractivity contribution in [2.45, 2.75) is 30.8 Å². The fourth-order valence-electron chi connectivity index (χ4n) is 4.53. The monoisotopic (exact) mass is 439 g/mol. The Morgan fingerprint density at radius 2 is 1.41 bits per heavy atom. The molecule has 3 nitrogen and oxygen atoms in total. The maximum atomic E-state index is 13.9. The number of aryl methyl sites for hydroxylation is 1. The third kappa shape index (κ3) is 3.77. The van der Waals surface area contributed by atoms with Crippen molar-refractivity contribution in [3.05, 3.63) is 125 Å². The highest BCUT2D eigenvalue weighted by molar-refractivity contribution is 7.89. The van der Waals surface area contributed by atoms with Crippen LogP contribution >= 0.6 is 0 Å². The van der Waals surface area contributed by atoms with Gasteiger partial charge in [0.15, 0.2) is 0 Å². The number of fused-ring (bicyclic) bond motifs is 1. The van der Waals surface area contributed by atoms with Gasteiger partial charge in [-0.15, -0.1) is 0 Å². The molecule has 1 aliphatic heterocycles. The van der Waals surface area contributed by atoms with E-state index >= 15 is 0 Å². The summed E-state index contributed by atoms with van der Waals surface area (Å²) in [5, 5.41) is 0. The lowest BCUT2D eigenvalue weighted by Gasteiger charge is -2.37. The molecule has 0 N–H and O–H groups in total. The SMILES string of the molecule is Cc1ccc(S(=O)(=O)N2Cc3c(cccc3-c3ccccc3)CC2c2ccccc2)cc1. The second-order valence-electron chi connectivity index (χ2n) is 8.30. The fourth-order valence-corrected chi connectivity index (χ4v) is 6.12. The third-order valence-electron chi connectivity index (χ3n) is 6.24. The Morgan fingerprint density at radius 1 is 0.750 bits per heavy atom. The normalized spacial score (nSPS) is 16.5. The highest BCUT2D eigenvalue weighted by Crippen LogP contribution is 2.40. The summed E-state index contributed by atoms with van der Waals surface area (Å²) in [6.07, 6.45) is 0.644. The molecule has 160 valence electrons. The Balaban J connectivity index is 1.66. The molecule has 0 spiro atoms. The van der Waals surface area contributed by atoms with Crippen LogP contribution in [-0.2, 0) is 23.0 Å². The zero-order valence-electron chi connectivity index (χ0n) is 18.0. The molecule has 0 aromatic heterocycles. The standard InChI is InChI=1S/C28H25NO2S/c1-21-15-17-25(18-16-21)32(30,31)29-20-27-24(19-28(29)23-11-6-3-7-12-23)13-8-14-26(27)22-9-4-2-5-10-22/h2-18,28H,19-20H2,1H3. The van der Waals surface area contributed by atoms with Crippen LogP contribution in [0.1, 0.15) is 28.3 Å². The minimum Gasteiger partial charge on any atom is -0.207 e. The van der Waals surface area contributed by atoms with E-state index in [0.717, 1.165) is 27.8 Å². The van der Waals surface area contributed by atoms with E-state index in [2.05, 4.69) is 30.3 Å². The Hall–Kier alpha value is -3.21. The molecular weight excluding hydrogens is 414 g/mol. The largest absolute Gasteiger partial charge is 0.243 e. The molecule has 1 aliphatic rings. The van der Waals surface area contributed by atoms with Crippen LogP contribution in [-0.4, -0.2) is 12.7 Å². The molecule has 4 aromatic rings. The van der Waals surface area contributed by atoms with Gasteiger partial charge in [-0.25, -0.2) is 8.42 Å². The summed E-state index contributed by atoms with van der Waals surface area (Å²) in [6, 6.07) is 33.4. The maximum absolute atomic E-state index is 13.9. The van der Waals surface area contributed by atoms with Crippen molar-refractivity contribution in [3.8, 4) is 11.1 Å². The van der Waals surface area contributed by atoms with Gasteiger partial charge in [0.2, 0.25) is 10.0 Å². The van der Waals surface area contributed by atoms with E-state index in [4.69, 9.17) is 0 Å². The van der Waals surface area contributed by atoms with Gasteiger partial charge in [-0.05, 0) is 53.3 Å². The second kappa shape index (κ2) is 8.38. The van der Waals surface area contributed by atoms with Crippen LogP contribution in [0, 0.1) is 6.92 Å². The lowest BCUT2D eigenvalue weighted by atomic mass is 9.87. The van der Waals surface area contributed by atoms with Gasteiger partial charge in [-0.3, -0.25) is 0 Å². The smallest absolute Gasteiger partial charge is 0.207 e. The number of nitrogens with zero attached hydrogens (tertiary/aromatic N) is 1. The van der Waals surface area contributed by atoms with Crippen molar-refractivity contribution in [2.24, 2.45) is 0 Å².